The van der Waals surface area contributed by atoms with Crippen LogP contribution in [0.1, 0.15) is 25.7 Å². The summed E-state index contributed by atoms with van der Waals surface area (Å²) in [5.41, 5.74) is 2.79. The molecule has 4 rings (SSSR count). The number of rotatable bonds is 3. The van der Waals surface area contributed by atoms with Gasteiger partial charge in [0.25, 0.3) is 5.56 Å². The highest BCUT2D eigenvalue weighted by Crippen LogP contribution is 2.28. The summed E-state index contributed by atoms with van der Waals surface area (Å²) in [7, 11) is 0. The van der Waals surface area contributed by atoms with Crippen molar-refractivity contribution in [2.45, 2.75) is 37.8 Å². The maximum absolute atomic E-state index is 12.2. The van der Waals surface area contributed by atoms with Gasteiger partial charge in [-0.25, -0.2) is 9.89 Å². The Morgan fingerprint density at radius 3 is 3.19 bits per heavy atom. The van der Waals surface area contributed by atoms with Crippen molar-refractivity contribution in [1.29, 1.82) is 0 Å². The molecule has 1 aromatic rings. The minimum atomic E-state index is -0.423. The summed E-state index contributed by atoms with van der Waals surface area (Å²) in [6.45, 7) is 1.95. The van der Waals surface area contributed by atoms with E-state index in [0.29, 0.717) is 25.2 Å². The van der Waals surface area contributed by atoms with Crippen LogP contribution in [0.2, 0.25) is 5.02 Å². The number of H-pyrrole nitrogens is 1. The van der Waals surface area contributed by atoms with Crippen molar-refractivity contribution >= 4 is 29.6 Å². The van der Waals surface area contributed by atoms with E-state index in [2.05, 4.69) is 20.5 Å². The fourth-order valence-electron chi connectivity index (χ4n) is 3.72. The third kappa shape index (κ3) is 3.46. The van der Waals surface area contributed by atoms with E-state index in [1.165, 1.54) is 17.3 Å². The molecule has 1 saturated heterocycles. The Labute approximate surface area is 155 Å². The lowest BCUT2D eigenvalue weighted by Crippen LogP contribution is -2.39. The first-order valence-electron chi connectivity index (χ1n) is 8.76. The van der Waals surface area contributed by atoms with Gasteiger partial charge in [-0.1, -0.05) is 11.6 Å². The number of aliphatic imine (C=N–C) groups is 1. The van der Waals surface area contributed by atoms with E-state index in [1.54, 1.807) is 0 Å². The first kappa shape index (κ1) is 17.1. The molecule has 0 spiro atoms. The van der Waals surface area contributed by atoms with Gasteiger partial charge in [0.15, 0.2) is 0 Å². The summed E-state index contributed by atoms with van der Waals surface area (Å²) in [6, 6.07) is 0.0923. The van der Waals surface area contributed by atoms with Gasteiger partial charge >= 0.3 is 6.09 Å². The zero-order valence-corrected chi connectivity index (χ0v) is 15.0. The summed E-state index contributed by atoms with van der Waals surface area (Å²) in [4.78, 5) is 30.0. The van der Waals surface area contributed by atoms with Crippen molar-refractivity contribution < 1.29 is 9.53 Å². The van der Waals surface area contributed by atoms with Crippen LogP contribution >= 0.6 is 11.6 Å². The van der Waals surface area contributed by atoms with E-state index in [0.717, 1.165) is 25.8 Å². The Morgan fingerprint density at radius 1 is 1.42 bits per heavy atom. The summed E-state index contributed by atoms with van der Waals surface area (Å²) in [5, 5.41) is 9.15. The molecule has 1 unspecified atom stereocenters. The number of nitrogens with one attached hydrogen (secondary N) is 2. The van der Waals surface area contributed by atoms with E-state index >= 15 is 0 Å². The van der Waals surface area contributed by atoms with Gasteiger partial charge in [0.1, 0.15) is 11.1 Å². The molecular weight excluding hydrogens is 358 g/mol. The van der Waals surface area contributed by atoms with Crippen molar-refractivity contribution in [2.75, 3.05) is 24.5 Å². The molecule has 3 aliphatic rings. The van der Waals surface area contributed by atoms with Gasteiger partial charge in [-0.05, 0) is 30.4 Å². The van der Waals surface area contributed by atoms with Crippen molar-refractivity contribution in [3.63, 3.8) is 0 Å². The van der Waals surface area contributed by atoms with Crippen LogP contribution in [0.25, 0.3) is 0 Å². The van der Waals surface area contributed by atoms with Crippen LogP contribution in [0.4, 0.5) is 10.5 Å². The quantitative estimate of drug-likeness (QED) is 0.834. The Morgan fingerprint density at radius 2 is 2.31 bits per heavy atom. The van der Waals surface area contributed by atoms with Crippen molar-refractivity contribution in [3.8, 4) is 0 Å². The van der Waals surface area contributed by atoms with Crippen LogP contribution in [0.3, 0.4) is 0 Å². The van der Waals surface area contributed by atoms with Crippen molar-refractivity contribution in [3.05, 3.63) is 32.7 Å². The fourth-order valence-corrected chi connectivity index (χ4v) is 3.94. The lowest BCUT2D eigenvalue weighted by atomic mass is 9.90. The molecule has 1 aliphatic carbocycles. The van der Waals surface area contributed by atoms with Crippen LogP contribution in [0.15, 0.2) is 27.1 Å². The number of nitrogens with zero attached hydrogens (tertiary/aromatic N) is 3. The summed E-state index contributed by atoms with van der Waals surface area (Å²) in [5.74, 6) is 0. The maximum Gasteiger partial charge on any atom is 0.407 e. The molecule has 2 aliphatic heterocycles. The van der Waals surface area contributed by atoms with Gasteiger partial charge in [-0.2, -0.15) is 5.10 Å². The normalized spacial score (nSPS) is 24.7. The van der Waals surface area contributed by atoms with Crippen molar-refractivity contribution in [1.82, 2.24) is 15.5 Å². The van der Waals surface area contributed by atoms with E-state index in [9.17, 15) is 9.59 Å². The van der Waals surface area contributed by atoms with Gasteiger partial charge < -0.3 is 15.0 Å². The number of carbonyl (C=O) groups excluding carboxylic acids is 1. The standard InChI is InChI=1S/C17H20ClN5O3/c18-15-14(8-20-22-16(15)24)23-4-3-13(9-23)26-17(25)21-12-2-1-10-6-19-7-11(10)5-12/h7-8,12-13H,1-6,9H2,(H,21,25)(H,22,24)/t12?,13-/m1/s1. The summed E-state index contributed by atoms with van der Waals surface area (Å²) in [6.07, 6.45) is 6.20. The number of halogens is 1. The van der Waals surface area contributed by atoms with Crippen LogP contribution in [-0.2, 0) is 4.74 Å². The molecule has 8 nitrogen and oxygen atoms in total. The smallest absolute Gasteiger partial charge is 0.407 e. The Kier molecular flexibility index (Phi) is 4.67. The van der Waals surface area contributed by atoms with Gasteiger partial charge in [0.2, 0.25) is 0 Å². The SMILES string of the molecule is O=C(NC1CCC2=C(C=NC2)C1)O[C@@H]1CCN(c2cn[nH]c(=O)c2Cl)C1. The molecule has 0 radical (unpaired) electrons. The molecule has 3 heterocycles. The number of aromatic amines is 1. The number of anilines is 1. The predicted octanol–water partition coefficient (Wildman–Crippen LogP) is 1.66. The van der Waals surface area contributed by atoms with Crippen molar-refractivity contribution in [2.24, 2.45) is 4.99 Å². The molecule has 1 amide bonds. The van der Waals surface area contributed by atoms with E-state index < -0.39 is 11.7 Å². The Hall–Kier alpha value is -2.35. The minimum absolute atomic E-state index is 0.0923. The number of hydrogen-bond donors (Lipinski definition) is 2. The second-order valence-electron chi connectivity index (χ2n) is 6.84. The fraction of sp³-hybridized carbons (Fsp3) is 0.529. The van der Waals surface area contributed by atoms with Crippen LogP contribution in [0, 0.1) is 0 Å². The topological polar surface area (TPSA) is 99.7 Å². The molecule has 138 valence electrons. The van der Waals surface area contributed by atoms with Gasteiger partial charge in [0.05, 0.1) is 25.0 Å². The molecule has 2 atom stereocenters. The Balaban J connectivity index is 1.30. The predicted molar refractivity (Wildman–Crippen MR) is 98.1 cm³/mol. The van der Waals surface area contributed by atoms with E-state index in [4.69, 9.17) is 16.3 Å². The molecule has 26 heavy (non-hydrogen) atoms. The van der Waals surface area contributed by atoms with E-state index in [-0.39, 0.29) is 17.2 Å². The lowest BCUT2D eigenvalue weighted by molar-refractivity contribution is 0.104. The molecule has 1 fully saturated rings. The molecule has 9 heteroatoms. The molecule has 1 aromatic heterocycles. The van der Waals surface area contributed by atoms with Crippen LogP contribution in [-0.4, -0.2) is 54.3 Å². The van der Waals surface area contributed by atoms with E-state index in [1.807, 2.05) is 11.1 Å². The zero-order valence-electron chi connectivity index (χ0n) is 14.2. The van der Waals surface area contributed by atoms with Gasteiger partial charge in [0, 0.05) is 25.2 Å². The highest BCUT2D eigenvalue weighted by molar-refractivity contribution is 6.33. The third-order valence-electron chi connectivity index (χ3n) is 5.10. The number of amides is 1. The third-order valence-corrected chi connectivity index (χ3v) is 5.47. The number of hydrogen-bond acceptors (Lipinski definition) is 6. The highest BCUT2D eigenvalue weighted by Gasteiger charge is 2.29. The summed E-state index contributed by atoms with van der Waals surface area (Å²) >= 11 is 6.04. The molecule has 0 saturated carbocycles. The minimum Gasteiger partial charge on any atom is -0.444 e. The van der Waals surface area contributed by atoms with Crippen LogP contribution < -0.4 is 15.8 Å². The second-order valence-corrected chi connectivity index (χ2v) is 7.22. The molecule has 0 bridgehead atoms. The number of alkyl carbamates (subject to hydrolysis) is 1. The average Bonchev–Trinajstić information content (AvgIpc) is 3.26. The number of aromatic nitrogens is 2. The molecular formula is C17H20ClN5O3. The first-order chi connectivity index (χ1) is 12.6. The van der Waals surface area contributed by atoms with Crippen LogP contribution in [0.5, 0.6) is 0 Å². The Bertz CT molecular complexity index is 834. The number of carbonyl (C=O) groups is 1. The molecule has 0 aromatic carbocycles. The number of ether oxygens (including phenoxy) is 1. The van der Waals surface area contributed by atoms with Gasteiger partial charge in [-0.3, -0.25) is 9.79 Å². The zero-order chi connectivity index (χ0) is 18.1. The molecule has 2 N–H and O–H groups in total. The summed E-state index contributed by atoms with van der Waals surface area (Å²) < 4.78 is 5.56. The monoisotopic (exact) mass is 377 g/mol. The highest BCUT2D eigenvalue weighted by atomic mass is 35.5. The maximum atomic E-state index is 12.2. The first-order valence-corrected chi connectivity index (χ1v) is 9.14. The lowest BCUT2D eigenvalue weighted by Gasteiger charge is -2.24. The van der Waals surface area contributed by atoms with Gasteiger partial charge in [-0.15, -0.1) is 0 Å². The average molecular weight is 378 g/mol. The largest absolute Gasteiger partial charge is 0.444 e. The second kappa shape index (κ2) is 7.11.